The summed E-state index contributed by atoms with van der Waals surface area (Å²) in [4.78, 5) is 70.8. The molecule has 12 nitrogen and oxygen atoms in total. The third-order valence-electron chi connectivity index (χ3n) is 5.87. The van der Waals surface area contributed by atoms with E-state index in [1.165, 1.54) is 61.1 Å². The average molecular weight is 546 g/mol. The number of halogens is 1. The molecule has 0 amide bonds. The van der Waals surface area contributed by atoms with Crippen LogP contribution in [0.25, 0.3) is 0 Å². The summed E-state index contributed by atoms with van der Waals surface area (Å²) in [6.07, 6.45) is 5.12. The van der Waals surface area contributed by atoms with Gasteiger partial charge in [0.2, 0.25) is 11.7 Å². The van der Waals surface area contributed by atoms with E-state index in [-0.39, 0.29) is 32.9 Å². The fraction of sp³-hybridized carbons (Fsp3) is 0.148. The van der Waals surface area contributed by atoms with E-state index in [1.54, 1.807) is 6.07 Å². The molecule has 1 aliphatic heterocycles. The highest BCUT2D eigenvalue weighted by Gasteiger charge is 2.25. The van der Waals surface area contributed by atoms with E-state index in [0.29, 0.717) is 19.4 Å². The Labute approximate surface area is 224 Å². The van der Waals surface area contributed by atoms with Gasteiger partial charge in [-0.3, -0.25) is 19.1 Å². The van der Waals surface area contributed by atoms with Gasteiger partial charge in [-0.15, -0.1) is 0 Å². The van der Waals surface area contributed by atoms with Crippen LogP contribution in [0.3, 0.4) is 0 Å². The van der Waals surface area contributed by atoms with E-state index < -0.39 is 41.1 Å². The molecule has 5 rings (SSSR count). The van der Waals surface area contributed by atoms with Gasteiger partial charge in [0.15, 0.2) is 0 Å². The van der Waals surface area contributed by atoms with Crippen LogP contribution in [0.1, 0.15) is 50.1 Å². The number of pyridine rings is 2. The third kappa shape index (κ3) is 5.44. The van der Waals surface area contributed by atoms with Crippen LogP contribution in [0.5, 0.6) is 11.6 Å². The quantitative estimate of drug-likeness (QED) is 0.330. The van der Waals surface area contributed by atoms with Crippen LogP contribution in [0, 0.1) is 5.82 Å². The molecule has 1 saturated heterocycles. The number of aromatic nitrogens is 4. The molecule has 13 heteroatoms. The molecule has 3 aromatic heterocycles. The number of benzene rings is 1. The molecule has 0 N–H and O–H groups in total. The fourth-order valence-corrected chi connectivity index (χ4v) is 3.90. The van der Waals surface area contributed by atoms with Crippen LogP contribution in [0.4, 0.5) is 4.39 Å². The van der Waals surface area contributed by atoms with Crippen LogP contribution in [-0.4, -0.2) is 43.6 Å². The highest BCUT2D eigenvalue weighted by Crippen LogP contribution is 2.21. The van der Waals surface area contributed by atoms with Gasteiger partial charge in [0.25, 0.3) is 11.5 Å². The van der Waals surface area contributed by atoms with Crippen molar-refractivity contribution in [2.24, 2.45) is 0 Å². The molecule has 4 heterocycles. The topological polar surface area (TPSA) is 149 Å². The Bertz CT molecular complexity index is 1710. The van der Waals surface area contributed by atoms with Gasteiger partial charge in [0, 0.05) is 36.8 Å². The first-order valence-electron chi connectivity index (χ1n) is 11.9. The molecule has 0 aliphatic carbocycles. The minimum Gasteiger partial charge on any atom is -0.423 e. The summed E-state index contributed by atoms with van der Waals surface area (Å²) in [5.74, 6) is -3.98. The Morgan fingerprint density at radius 3 is 2.40 bits per heavy atom. The van der Waals surface area contributed by atoms with Crippen LogP contribution in [-0.2, 0) is 4.74 Å². The lowest BCUT2D eigenvalue weighted by Crippen LogP contribution is -2.45. The lowest BCUT2D eigenvalue weighted by molar-refractivity contribution is 0.0500. The number of carbonyl (C=O) groups is 3. The van der Waals surface area contributed by atoms with E-state index in [4.69, 9.17) is 14.2 Å². The highest BCUT2D eigenvalue weighted by atomic mass is 19.1. The van der Waals surface area contributed by atoms with Gasteiger partial charge in [-0.25, -0.2) is 19.4 Å². The molecule has 4 aromatic rings. The first-order chi connectivity index (χ1) is 19.3. The summed E-state index contributed by atoms with van der Waals surface area (Å²) in [6, 6.07) is 10.6. The van der Waals surface area contributed by atoms with Crippen LogP contribution in [0.2, 0.25) is 0 Å². The molecule has 1 atom stereocenters. The number of hydrogen-bond acceptors (Lipinski definition) is 10. The second-order valence-electron chi connectivity index (χ2n) is 8.51. The zero-order chi connectivity index (χ0) is 28.2. The number of ether oxygens (including phenoxy) is 3. The molecule has 0 bridgehead atoms. The summed E-state index contributed by atoms with van der Waals surface area (Å²) >= 11 is 0. The Balaban J connectivity index is 1.31. The summed E-state index contributed by atoms with van der Waals surface area (Å²) in [5.41, 5.74) is -2.37. The van der Waals surface area contributed by atoms with E-state index >= 15 is 0 Å². The summed E-state index contributed by atoms with van der Waals surface area (Å²) in [7, 11) is 0. The van der Waals surface area contributed by atoms with Crippen LogP contribution >= 0.6 is 0 Å². The van der Waals surface area contributed by atoms with Gasteiger partial charge in [-0.1, -0.05) is 0 Å². The normalized spacial score (nSPS) is 14.5. The lowest BCUT2D eigenvalue weighted by Gasteiger charge is -2.15. The number of hydrogen-bond donors (Lipinski definition) is 0. The number of carbonyl (C=O) groups excluding carboxylic acids is 3. The van der Waals surface area contributed by atoms with E-state index in [9.17, 15) is 28.4 Å². The molecule has 0 spiro atoms. The predicted octanol–water partition coefficient (Wildman–Crippen LogP) is 2.38. The third-order valence-corrected chi connectivity index (χ3v) is 5.87. The smallest absolute Gasteiger partial charge is 0.345 e. The summed E-state index contributed by atoms with van der Waals surface area (Å²) < 4.78 is 31.2. The van der Waals surface area contributed by atoms with E-state index in [0.717, 1.165) is 10.8 Å². The van der Waals surface area contributed by atoms with Crippen LogP contribution < -0.4 is 20.7 Å². The van der Waals surface area contributed by atoms with Crippen molar-refractivity contribution in [1.29, 1.82) is 0 Å². The van der Waals surface area contributed by atoms with Crippen molar-refractivity contribution in [2.75, 3.05) is 6.61 Å². The van der Waals surface area contributed by atoms with Crippen molar-refractivity contribution in [3.8, 4) is 11.6 Å². The van der Waals surface area contributed by atoms with Crippen molar-refractivity contribution < 1.29 is 33.0 Å². The largest absolute Gasteiger partial charge is 0.423 e. The molecular weight excluding hydrogens is 527 g/mol. The van der Waals surface area contributed by atoms with Gasteiger partial charge in [-0.2, -0.15) is 8.96 Å². The molecule has 1 aromatic carbocycles. The zero-order valence-electron chi connectivity index (χ0n) is 20.6. The molecule has 1 unspecified atom stereocenters. The second-order valence-corrected chi connectivity index (χ2v) is 8.51. The van der Waals surface area contributed by atoms with Crippen molar-refractivity contribution in [3.63, 3.8) is 0 Å². The first kappa shape index (κ1) is 26.3. The molecule has 0 radical (unpaired) electrons. The van der Waals surface area contributed by atoms with E-state index in [2.05, 4.69) is 9.97 Å². The van der Waals surface area contributed by atoms with Gasteiger partial charge < -0.3 is 14.2 Å². The van der Waals surface area contributed by atoms with Gasteiger partial charge in [0.05, 0.1) is 17.3 Å². The number of esters is 2. The first-order valence-corrected chi connectivity index (χ1v) is 11.9. The van der Waals surface area contributed by atoms with Crippen molar-refractivity contribution in [2.45, 2.75) is 19.1 Å². The molecule has 1 aliphatic rings. The van der Waals surface area contributed by atoms with Gasteiger partial charge in [-0.05, 0) is 55.3 Å². The summed E-state index contributed by atoms with van der Waals surface area (Å²) in [5, 5.41) is 0. The van der Waals surface area contributed by atoms with Crippen molar-refractivity contribution >= 4 is 17.8 Å². The maximum atomic E-state index is 14.3. The predicted molar refractivity (Wildman–Crippen MR) is 134 cm³/mol. The lowest BCUT2D eigenvalue weighted by atomic mass is 10.1. The number of rotatable bonds is 6. The monoisotopic (exact) mass is 546 g/mol. The van der Waals surface area contributed by atoms with Crippen molar-refractivity contribution in [3.05, 3.63) is 117 Å². The summed E-state index contributed by atoms with van der Waals surface area (Å²) in [6.45, 7) is 0.361. The fourth-order valence-electron chi connectivity index (χ4n) is 3.90. The van der Waals surface area contributed by atoms with Gasteiger partial charge in [0.1, 0.15) is 12.0 Å². The minimum absolute atomic E-state index is 0.000497. The zero-order valence-corrected chi connectivity index (χ0v) is 20.6. The molecule has 0 saturated carbocycles. The Kier molecular flexibility index (Phi) is 7.37. The maximum absolute atomic E-state index is 14.3. The van der Waals surface area contributed by atoms with Gasteiger partial charge >= 0.3 is 17.6 Å². The standard InChI is InChI=1S/C27H19FN4O8/c28-20-15-31(22-4-2-12-38-22)27(37)32(24(20)34)23(33)16-5-7-17(8-6-16)25(35)40-21-13-19(9-11-30-21)39-26(36)18-3-1-10-29-14-18/h1,3,5-11,13-15,22H,2,4,12H2. The van der Waals surface area contributed by atoms with E-state index in [1.807, 2.05) is 0 Å². The van der Waals surface area contributed by atoms with Crippen molar-refractivity contribution in [1.82, 2.24) is 19.1 Å². The molecule has 40 heavy (non-hydrogen) atoms. The highest BCUT2D eigenvalue weighted by molar-refractivity contribution is 5.97. The SMILES string of the molecule is O=C(Oc1ccnc(OC(=O)c2ccc(C(=O)n3c(=O)c(F)cn(C4CCCO4)c3=O)cc2)c1)c1cccnc1. The second kappa shape index (κ2) is 11.2. The van der Waals surface area contributed by atoms with Crippen LogP contribution in [0.15, 0.2) is 82.9 Å². The Morgan fingerprint density at radius 1 is 0.950 bits per heavy atom. The Morgan fingerprint density at radius 2 is 1.70 bits per heavy atom. The number of nitrogens with zero attached hydrogens (tertiary/aromatic N) is 4. The molecular formula is C27H19FN4O8. The minimum atomic E-state index is -1.40. The average Bonchev–Trinajstić information content (AvgIpc) is 3.50. The Hall–Kier alpha value is -5.30. The maximum Gasteiger partial charge on any atom is 0.345 e. The molecule has 1 fully saturated rings. The molecule has 202 valence electrons.